The van der Waals surface area contributed by atoms with E-state index in [0.29, 0.717) is 88.3 Å². The number of benzene rings is 6. The van der Waals surface area contributed by atoms with Gasteiger partial charge in [-0.1, -0.05) is 66.2 Å². The lowest BCUT2D eigenvalue weighted by Crippen LogP contribution is -2.35. The lowest BCUT2D eigenvalue weighted by Gasteiger charge is -2.40. The minimum absolute atomic E-state index is 0.0125. The number of carboxylic acid groups (broad SMARTS) is 1. The Morgan fingerprint density at radius 2 is 1.27 bits per heavy atom. The molecule has 0 aromatic heterocycles. The van der Waals surface area contributed by atoms with Crippen LogP contribution in [0.5, 0.6) is 11.5 Å². The largest absolute Gasteiger partial charge is 0.506 e. The zero-order valence-corrected chi connectivity index (χ0v) is 58.0. The van der Waals surface area contributed by atoms with Gasteiger partial charge in [-0.15, -0.1) is 0 Å². The molecular formula is C80H94N8O12. The average Bonchev–Trinajstić information content (AvgIpc) is 0.723. The van der Waals surface area contributed by atoms with Gasteiger partial charge in [0.1, 0.15) is 17.3 Å². The van der Waals surface area contributed by atoms with Crippen LogP contribution in [-0.2, 0) is 54.3 Å². The first-order chi connectivity index (χ1) is 48.7. The van der Waals surface area contributed by atoms with Crippen LogP contribution >= 0.6 is 0 Å². The lowest BCUT2D eigenvalue weighted by atomic mass is 9.80. The number of aryl methyl sites for hydroxylation is 1. The number of aromatic hydroxyl groups is 1. The molecule has 5 aliphatic rings. The number of fused-ring (bicyclic) bond motifs is 5. The zero-order valence-electron chi connectivity index (χ0n) is 58.0. The fraction of sp³-hybridized carbons (Fsp3) is 0.388. The number of carbonyl (C=O) groups excluding carboxylic acids is 4. The molecule has 4 amide bonds. The third-order valence-electron chi connectivity index (χ3n) is 18.9. The Kier molecular flexibility index (Phi) is 25.1. The van der Waals surface area contributed by atoms with Crippen molar-refractivity contribution in [2.45, 2.75) is 97.9 Å². The number of ether oxygens (including phenoxy) is 5. The van der Waals surface area contributed by atoms with E-state index in [0.717, 1.165) is 145 Å². The molecule has 526 valence electrons. The van der Waals surface area contributed by atoms with E-state index in [1.807, 2.05) is 48.5 Å². The fourth-order valence-corrected chi connectivity index (χ4v) is 13.8. The van der Waals surface area contributed by atoms with E-state index in [4.69, 9.17) is 23.7 Å². The van der Waals surface area contributed by atoms with Gasteiger partial charge in [0.15, 0.2) is 0 Å². The number of nitrogens with zero attached hydrogens (tertiary/aromatic N) is 3. The van der Waals surface area contributed by atoms with Gasteiger partial charge in [0.2, 0.25) is 11.8 Å². The molecule has 6 aromatic rings. The van der Waals surface area contributed by atoms with Gasteiger partial charge in [-0.05, 0) is 210 Å². The number of anilines is 4. The van der Waals surface area contributed by atoms with Crippen molar-refractivity contribution in [1.82, 2.24) is 20.9 Å². The number of hydrazine groups is 1. The smallest absolute Gasteiger partial charge is 0.336 e. The van der Waals surface area contributed by atoms with Crippen molar-refractivity contribution in [2.75, 3.05) is 126 Å². The highest BCUT2D eigenvalue weighted by Crippen LogP contribution is 2.52. The molecule has 0 bridgehead atoms. The van der Waals surface area contributed by atoms with Crippen LogP contribution in [0.3, 0.4) is 0 Å². The van der Waals surface area contributed by atoms with Gasteiger partial charge >= 0.3 is 5.97 Å². The van der Waals surface area contributed by atoms with Gasteiger partial charge in [-0.2, -0.15) is 0 Å². The highest BCUT2D eigenvalue weighted by molar-refractivity contribution is 6.05. The van der Waals surface area contributed by atoms with Crippen molar-refractivity contribution in [2.24, 2.45) is 0 Å². The number of rotatable bonds is 28. The number of hydrogen-bond donors (Lipinski definition) is 7. The molecule has 0 fully saturated rings. The number of hydrogen-bond acceptors (Lipinski definition) is 15. The highest BCUT2D eigenvalue weighted by Gasteiger charge is 2.36. The summed E-state index contributed by atoms with van der Waals surface area (Å²) in [5.74, 6) is -0.439. The molecule has 0 aliphatic carbocycles. The third-order valence-corrected chi connectivity index (χ3v) is 18.9. The van der Waals surface area contributed by atoms with E-state index in [9.17, 15) is 34.2 Å². The molecule has 0 radical (unpaired) electrons. The molecule has 0 spiro atoms. The Morgan fingerprint density at radius 3 is 2.04 bits per heavy atom. The van der Waals surface area contributed by atoms with Gasteiger partial charge in [-0.3, -0.25) is 24.6 Å². The highest BCUT2D eigenvalue weighted by atomic mass is 16.6. The van der Waals surface area contributed by atoms with Gasteiger partial charge in [0.25, 0.3) is 11.8 Å². The second-order valence-electron chi connectivity index (χ2n) is 26.3. The quantitative estimate of drug-likeness (QED) is 0.0137. The number of nitrogens with one attached hydrogen (secondary N) is 5. The Bertz CT molecular complexity index is 4080. The van der Waals surface area contributed by atoms with Gasteiger partial charge < -0.3 is 70.0 Å². The van der Waals surface area contributed by atoms with E-state index in [1.54, 1.807) is 53.4 Å². The predicted octanol–water partition coefficient (Wildman–Crippen LogP) is 11.9. The van der Waals surface area contributed by atoms with E-state index < -0.39 is 11.9 Å². The molecule has 20 heteroatoms. The standard InChI is InChI=1S/C80H94N8O12/c1-53-13-9-35-86(4)36-10-14-54(2)76-67(47-53)74(68-50-59-17-11-37-87-38-12-19-65(75(59)87)77(68)100-76)64-27-24-60(51-66(64)80(94)95)79(93)82-32-29-56-21-28-69(71(89)49-56)85-84-62-25-22-57(23-26-62)78(92)83-34-40-97-42-44-99-46-45-98-43-41-96-39-31-72(90)81-33-30-73(91)88-52-61-16-5-7-18-63(61)55(3)48-58-15-6-8-20-70(58)88/h5-8,15-16,18,20-28,47-51,84-85,89H,9-14,17,19,29-46,52H2,1-4H3,(H,81,90)(H,82,93)(H,83,92)(H,94,95)/b53-47+,55-48-,76-54-. The third kappa shape index (κ3) is 18.4. The Labute approximate surface area is 586 Å². The average molecular weight is 1360 g/mol. The van der Waals surface area contributed by atoms with Crippen LogP contribution in [0.4, 0.5) is 22.7 Å². The van der Waals surface area contributed by atoms with Crippen LogP contribution in [0.25, 0.3) is 17.2 Å². The maximum absolute atomic E-state index is 13.9. The predicted molar refractivity (Wildman–Crippen MR) is 391 cm³/mol. The van der Waals surface area contributed by atoms with E-state index in [2.05, 4.69) is 88.7 Å². The van der Waals surface area contributed by atoms with Crippen molar-refractivity contribution in [3.63, 3.8) is 0 Å². The molecule has 0 saturated carbocycles. The van der Waals surface area contributed by atoms with Gasteiger partial charge in [0, 0.05) is 84.7 Å². The SMILES string of the molecule is C/C1=C/c2ccccc2N(C(=O)CCNC(=O)CCOCCOCCOCCOCCNC(=O)c2ccc(NNc3ccc(CCNC(=O)c4ccc(C5=C6/C=C(\C)CCCN(C)CCC/C(C)=C/6Oc6c5cc5c7c6CCCN7CCC5)c(C(=O)O)c4)cc3O)cc2)Cc2ccccc21. The fourth-order valence-electron chi connectivity index (χ4n) is 13.8. The second kappa shape index (κ2) is 35.0. The summed E-state index contributed by atoms with van der Waals surface area (Å²) in [5, 5.41) is 30.7. The summed E-state index contributed by atoms with van der Waals surface area (Å²) in [6, 6.07) is 35.3. The summed E-state index contributed by atoms with van der Waals surface area (Å²) in [5.41, 5.74) is 23.0. The number of para-hydroxylation sites is 1. The molecule has 0 atom stereocenters. The van der Waals surface area contributed by atoms with E-state index in [-0.39, 0.29) is 67.1 Å². The van der Waals surface area contributed by atoms with E-state index >= 15 is 0 Å². The number of carbonyl (C=O) groups is 5. The maximum atomic E-state index is 13.9. The molecular weight excluding hydrogens is 1260 g/mol. The summed E-state index contributed by atoms with van der Waals surface area (Å²) >= 11 is 0. The molecule has 11 rings (SSSR count). The first kappa shape index (κ1) is 71.7. The lowest BCUT2D eigenvalue weighted by molar-refractivity contribution is -0.122. The van der Waals surface area contributed by atoms with Crippen LogP contribution in [0.15, 0.2) is 144 Å². The number of phenols is 1. The van der Waals surface area contributed by atoms with Crippen LogP contribution < -0.4 is 41.3 Å². The summed E-state index contributed by atoms with van der Waals surface area (Å²) in [6.07, 6.45) is 12.7. The minimum Gasteiger partial charge on any atom is -0.506 e. The Hall–Kier alpha value is -9.57. The minimum atomic E-state index is -1.12. The molecule has 100 heavy (non-hydrogen) atoms. The number of phenolic OH excluding ortho intramolecular Hbond substituents is 1. The molecule has 0 unspecified atom stereocenters. The van der Waals surface area contributed by atoms with Gasteiger partial charge in [0.05, 0.1) is 82.0 Å². The zero-order chi connectivity index (χ0) is 69.9. The summed E-state index contributed by atoms with van der Waals surface area (Å²) in [4.78, 5) is 73.0. The summed E-state index contributed by atoms with van der Waals surface area (Å²) in [6.45, 7) is 14.2. The molecule has 5 aliphatic heterocycles. The van der Waals surface area contributed by atoms with Crippen LogP contribution in [0.1, 0.15) is 148 Å². The van der Waals surface area contributed by atoms with Crippen LogP contribution in [0.2, 0.25) is 0 Å². The second-order valence-corrected chi connectivity index (χ2v) is 26.3. The summed E-state index contributed by atoms with van der Waals surface area (Å²) < 4.78 is 29.5. The van der Waals surface area contributed by atoms with Crippen LogP contribution in [0, 0.1) is 0 Å². The van der Waals surface area contributed by atoms with Crippen molar-refractivity contribution in [1.29, 1.82) is 0 Å². The summed E-state index contributed by atoms with van der Waals surface area (Å²) in [7, 11) is 2.18. The molecule has 7 N–H and O–H groups in total. The molecule has 0 saturated heterocycles. The topological polar surface area (TPSA) is 242 Å². The first-order valence-electron chi connectivity index (χ1n) is 35.2. The normalized spacial score (nSPS) is 17.1. The monoisotopic (exact) mass is 1360 g/mol. The number of allylic oxidation sites excluding steroid dienone is 4. The molecule has 6 aromatic carbocycles. The Balaban J connectivity index is 0.561. The first-order valence-corrected chi connectivity index (χ1v) is 35.2. The number of carboxylic acids is 1. The Morgan fingerprint density at radius 1 is 0.590 bits per heavy atom. The number of amides is 4. The van der Waals surface area contributed by atoms with Crippen molar-refractivity contribution in [3.05, 3.63) is 205 Å². The molecule has 5 heterocycles. The van der Waals surface area contributed by atoms with E-state index in [1.165, 1.54) is 28.5 Å². The van der Waals surface area contributed by atoms with Crippen molar-refractivity contribution >= 4 is 69.6 Å². The van der Waals surface area contributed by atoms with Crippen molar-refractivity contribution in [3.8, 4) is 11.5 Å². The maximum Gasteiger partial charge on any atom is 0.336 e. The van der Waals surface area contributed by atoms with Crippen LogP contribution in [-0.4, -0.2) is 150 Å². The van der Waals surface area contributed by atoms with Crippen molar-refractivity contribution < 1.29 is 57.9 Å². The molecule has 20 nitrogen and oxygen atoms in total. The number of aromatic carboxylic acids is 1. The van der Waals surface area contributed by atoms with Gasteiger partial charge in [-0.25, -0.2) is 4.79 Å².